The molecule has 1 fully saturated rings. The van der Waals surface area contributed by atoms with Crippen molar-refractivity contribution in [3.8, 4) is 0 Å². The van der Waals surface area contributed by atoms with Crippen LogP contribution in [0.5, 0.6) is 0 Å². The lowest BCUT2D eigenvalue weighted by Crippen LogP contribution is -2.39. The lowest BCUT2D eigenvalue weighted by molar-refractivity contribution is 0.0894. The zero-order chi connectivity index (χ0) is 11.5. The van der Waals surface area contributed by atoms with E-state index in [1.54, 1.807) is 13.2 Å². The van der Waals surface area contributed by atoms with E-state index in [2.05, 4.69) is 4.90 Å². The number of rotatable bonds is 2. The Morgan fingerprint density at radius 3 is 3.00 bits per heavy atom. The summed E-state index contributed by atoms with van der Waals surface area (Å²) in [6.07, 6.45) is 2.57. The Bertz CT molecular complexity index is 370. The summed E-state index contributed by atoms with van der Waals surface area (Å²) in [5, 5.41) is 0.682. The summed E-state index contributed by atoms with van der Waals surface area (Å²) in [5.41, 5.74) is 7.77. The number of methoxy groups -OCH3 is 1. The van der Waals surface area contributed by atoms with Gasteiger partial charge in [0.05, 0.1) is 17.5 Å². The largest absolute Gasteiger partial charge is 0.397 e. The molecule has 1 aliphatic heterocycles. The first-order valence-electron chi connectivity index (χ1n) is 5.53. The van der Waals surface area contributed by atoms with Crippen molar-refractivity contribution in [1.82, 2.24) is 0 Å². The molecule has 0 aliphatic carbocycles. The standard InChI is InChI=1S/C12H17ClN2O/c1-16-10-3-2-6-15(8-10)12-5-4-9(13)7-11(12)14/h4-5,7,10H,2-3,6,8,14H2,1H3. The van der Waals surface area contributed by atoms with Crippen LogP contribution in [0.15, 0.2) is 18.2 Å². The number of ether oxygens (including phenoxy) is 1. The molecule has 3 nitrogen and oxygen atoms in total. The van der Waals surface area contributed by atoms with Gasteiger partial charge in [0.1, 0.15) is 0 Å². The molecule has 88 valence electrons. The Morgan fingerprint density at radius 1 is 1.50 bits per heavy atom. The van der Waals surface area contributed by atoms with Crippen LogP contribution in [-0.2, 0) is 4.74 Å². The highest BCUT2D eigenvalue weighted by Crippen LogP contribution is 2.29. The summed E-state index contributed by atoms with van der Waals surface area (Å²) in [6.45, 7) is 1.94. The number of piperidine rings is 1. The summed E-state index contributed by atoms with van der Waals surface area (Å²) in [5.74, 6) is 0. The lowest BCUT2D eigenvalue weighted by atomic mass is 10.1. The average molecular weight is 241 g/mol. The summed E-state index contributed by atoms with van der Waals surface area (Å²) in [6, 6.07) is 5.66. The minimum Gasteiger partial charge on any atom is -0.397 e. The van der Waals surface area contributed by atoms with Crippen LogP contribution in [0.4, 0.5) is 11.4 Å². The monoisotopic (exact) mass is 240 g/mol. The molecule has 16 heavy (non-hydrogen) atoms. The van der Waals surface area contributed by atoms with E-state index in [1.807, 2.05) is 12.1 Å². The number of halogens is 1. The maximum Gasteiger partial charge on any atom is 0.0746 e. The van der Waals surface area contributed by atoms with Gasteiger partial charge in [-0.1, -0.05) is 11.6 Å². The smallest absolute Gasteiger partial charge is 0.0746 e. The van der Waals surface area contributed by atoms with E-state index in [4.69, 9.17) is 22.1 Å². The fraction of sp³-hybridized carbons (Fsp3) is 0.500. The molecule has 1 atom stereocenters. The molecule has 0 radical (unpaired) electrons. The van der Waals surface area contributed by atoms with Gasteiger partial charge in [0.15, 0.2) is 0 Å². The molecule has 2 rings (SSSR count). The molecule has 0 spiro atoms. The quantitative estimate of drug-likeness (QED) is 0.808. The molecule has 2 N–H and O–H groups in total. The average Bonchev–Trinajstić information content (AvgIpc) is 2.29. The third-order valence-electron chi connectivity index (χ3n) is 3.04. The third kappa shape index (κ3) is 2.42. The van der Waals surface area contributed by atoms with Crippen LogP contribution >= 0.6 is 11.6 Å². The van der Waals surface area contributed by atoms with Crippen molar-refractivity contribution in [3.05, 3.63) is 23.2 Å². The maximum absolute atomic E-state index is 5.97. The number of anilines is 2. The lowest BCUT2D eigenvalue weighted by Gasteiger charge is -2.34. The second-order valence-corrected chi connectivity index (χ2v) is 4.59. The van der Waals surface area contributed by atoms with Crippen molar-refractivity contribution in [2.24, 2.45) is 0 Å². The van der Waals surface area contributed by atoms with Gasteiger partial charge in [-0.25, -0.2) is 0 Å². The molecule has 4 heteroatoms. The Morgan fingerprint density at radius 2 is 2.31 bits per heavy atom. The molecular formula is C12H17ClN2O. The van der Waals surface area contributed by atoms with Crippen LogP contribution in [0.1, 0.15) is 12.8 Å². The first-order valence-corrected chi connectivity index (χ1v) is 5.91. The van der Waals surface area contributed by atoms with Crippen molar-refractivity contribution >= 4 is 23.0 Å². The summed E-state index contributed by atoms with van der Waals surface area (Å²) < 4.78 is 5.40. The van der Waals surface area contributed by atoms with E-state index in [1.165, 1.54) is 0 Å². The number of nitrogen functional groups attached to an aromatic ring is 1. The zero-order valence-corrected chi connectivity index (χ0v) is 10.2. The fourth-order valence-electron chi connectivity index (χ4n) is 2.16. The van der Waals surface area contributed by atoms with Crippen molar-refractivity contribution in [2.45, 2.75) is 18.9 Å². The van der Waals surface area contributed by atoms with Gasteiger partial charge in [-0.15, -0.1) is 0 Å². The van der Waals surface area contributed by atoms with E-state index < -0.39 is 0 Å². The molecule has 1 unspecified atom stereocenters. The van der Waals surface area contributed by atoms with Gasteiger partial charge in [-0.2, -0.15) is 0 Å². The fourth-order valence-corrected chi connectivity index (χ4v) is 2.34. The Labute approximate surface area is 101 Å². The third-order valence-corrected chi connectivity index (χ3v) is 3.28. The van der Waals surface area contributed by atoms with E-state index in [0.717, 1.165) is 37.3 Å². The highest BCUT2D eigenvalue weighted by Gasteiger charge is 2.20. The predicted molar refractivity (Wildman–Crippen MR) is 68.1 cm³/mol. The molecular weight excluding hydrogens is 224 g/mol. The molecule has 0 amide bonds. The topological polar surface area (TPSA) is 38.5 Å². The van der Waals surface area contributed by atoms with E-state index in [9.17, 15) is 0 Å². The number of nitrogens with two attached hydrogens (primary N) is 1. The molecule has 0 bridgehead atoms. The Hall–Kier alpha value is -0.930. The number of hydrogen-bond acceptors (Lipinski definition) is 3. The number of hydrogen-bond donors (Lipinski definition) is 1. The van der Waals surface area contributed by atoms with Gasteiger partial charge in [0.2, 0.25) is 0 Å². The molecule has 0 aromatic heterocycles. The van der Waals surface area contributed by atoms with Crippen molar-refractivity contribution in [1.29, 1.82) is 0 Å². The van der Waals surface area contributed by atoms with Crippen LogP contribution in [0.3, 0.4) is 0 Å². The van der Waals surface area contributed by atoms with Crippen LogP contribution < -0.4 is 10.6 Å². The van der Waals surface area contributed by atoms with Crippen LogP contribution in [0.2, 0.25) is 5.02 Å². The van der Waals surface area contributed by atoms with Crippen LogP contribution in [0, 0.1) is 0 Å². The summed E-state index contributed by atoms with van der Waals surface area (Å²) in [4.78, 5) is 2.27. The van der Waals surface area contributed by atoms with Gasteiger partial charge >= 0.3 is 0 Å². The predicted octanol–water partition coefficient (Wildman–Crippen LogP) is 2.54. The van der Waals surface area contributed by atoms with Gasteiger partial charge in [0, 0.05) is 25.2 Å². The summed E-state index contributed by atoms with van der Waals surface area (Å²) >= 11 is 5.89. The Balaban J connectivity index is 2.16. The van der Waals surface area contributed by atoms with Crippen LogP contribution in [0.25, 0.3) is 0 Å². The molecule has 1 saturated heterocycles. The van der Waals surface area contributed by atoms with Crippen molar-refractivity contribution in [3.63, 3.8) is 0 Å². The number of nitrogens with zero attached hydrogens (tertiary/aromatic N) is 1. The summed E-state index contributed by atoms with van der Waals surface area (Å²) in [7, 11) is 1.76. The first kappa shape index (κ1) is 11.6. The minimum atomic E-state index is 0.309. The molecule has 1 aromatic carbocycles. The molecule has 1 aliphatic rings. The van der Waals surface area contributed by atoms with Gasteiger partial charge in [0.25, 0.3) is 0 Å². The van der Waals surface area contributed by atoms with Crippen molar-refractivity contribution < 1.29 is 4.74 Å². The van der Waals surface area contributed by atoms with Gasteiger partial charge < -0.3 is 15.4 Å². The molecule has 0 saturated carbocycles. The first-order chi connectivity index (χ1) is 7.70. The van der Waals surface area contributed by atoms with Crippen LogP contribution in [-0.4, -0.2) is 26.3 Å². The van der Waals surface area contributed by atoms with E-state index in [0.29, 0.717) is 11.1 Å². The normalized spacial score (nSPS) is 21.1. The van der Waals surface area contributed by atoms with E-state index >= 15 is 0 Å². The number of benzene rings is 1. The van der Waals surface area contributed by atoms with Gasteiger partial charge in [-0.05, 0) is 31.0 Å². The minimum absolute atomic E-state index is 0.309. The zero-order valence-electron chi connectivity index (χ0n) is 9.45. The van der Waals surface area contributed by atoms with Crippen molar-refractivity contribution in [2.75, 3.05) is 30.8 Å². The highest BCUT2D eigenvalue weighted by atomic mass is 35.5. The second kappa shape index (κ2) is 4.93. The van der Waals surface area contributed by atoms with Gasteiger partial charge in [-0.3, -0.25) is 0 Å². The maximum atomic E-state index is 5.97. The molecule has 1 aromatic rings. The van der Waals surface area contributed by atoms with E-state index in [-0.39, 0.29) is 0 Å². The molecule has 1 heterocycles. The Kier molecular flexibility index (Phi) is 3.56. The second-order valence-electron chi connectivity index (χ2n) is 4.15. The highest BCUT2D eigenvalue weighted by molar-refractivity contribution is 6.31. The SMILES string of the molecule is COC1CCCN(c2ccc(Cl)cc2N)C1.